The minimum absolute atomic E-state index is 0.202. The fourth-order valence-corrected chi connectivity index (χ4v) is 3.84. The van der Waals surface area contributed by atoms with Crippen molar-refractivity contribution in [2.75, 3.05) is 5.32 Å². The molecule has 0 unspecified atom stereocenters. The van der Waals surface area contributed by atoms with Crippen LogP contribution in [0.5, 0.6) is 0 Å². The van der Waals surface area contributed by atoms with E-state index in [9.17, 15) is 4.79 Å². The van der Waals surface area contributed by atoms with E-state index < -0.39 is 0 Å². The average molecular weight is 322 g/mol. The Balaban J connectivity index is 1.79. The number of nitrogens with zero attached hydrogens (tertiary/aromatic N) is 1. The standard InChI is InChI=1S/C15H16ClN3OS/c1-8-2-4-10(11(16)6-8)14(20)19-15-18-12-5-3-9(17)7-13(12)21-15/h2,4,6,9H,3,5,7,17H2,1H3,(H,18,19,20)/t9-/m0/s1. The lowest BCUT2D eigenvalue weighted by molar-refractivity contribution is 0.102. The van der Waals surface area contributed by atoms with E-state index in [0.717, 1.165) is 30.5 Å². The molecule has 4 nitrogen and oxygen atoms in total. The summed E-state index contributed by atoms with van der Waals surface area (Å²) in [5, 5.41) is 3.91. The summed E-state index contributed by atoms with van der Waals surface area (Å²) in [7, 11) is 0. The molecule has 3 N–H and O–H groups in total. The van der Waals surface area contributed by atoms with Gasteiger partial charge in [0.25, 0.3) is 5.91 Å². The lowest BCUT2D eigenvalue weighted by Gasteiger charge is -2.15. The van der Waals surface area contributed by atoms with Gasteiger partial charge in [-0.15, -0.1) is 11.3 Å². The van der Waals surface area contributed by atoms with Gasteiger partial charge in [-0.1, -0.05) is 17.7 Å². The van der Waals surface area contributed by atoms with Gasteiger partial charge in [0.2, 0.25) is 0 Å². The maximum Gasteiger partial charge on any atom is 0.258 e. The Kier molecular flexibility index (Phi) is 3.97. The quantitative estimate of drug-likeness (QED) is 0.892. The molecule has 0 spiro atoms. The molecule has 1 amide bonds. The molecule has 0 aliphatic heterocycles. The van der Waals surface area contributed by atoms with Crippen LogP contribution in [0.25, 0.3) is 0 Å². The van der Waals surface area contributed by atoms with E-state index in [1.54, 1.807) is 12.1 Å². The first kappa shape index (κ1) is 14.5. The second-order valence-electron chi connectivity index (χ2n) is 5.33. The van der Waals surface area contributed by atoms with Crippen molar-refractivity contribution in [1.29, 1.82) is 0 Å². The van der Waals surface area contributed by atoms with Crippen LogP contribution in [-0.2, 0) is 12.8 Å². The van der Waals surface area contributed by atoms with E-state index in [4.69, 9.17) is 17.3 Å². The number of nitrogens with two attached hydrogens (primary N) is 1. The number of benzene rings is 1. The number of anilines is 1. The minimum Gasteiger partial charge on any atom is -0.327 e. The third-order valence-corrected chi connectivity index (χ3v) is 4.92. The van der Waals surface area contributed by atoms with Crippen LogP contribution in [0, 0.1) is 6.92 Å². The zero-order chi connectivity index (χ0) is 15.0. The van der Waals surface area contributed by atoms with E-state index in [2.05, 4.69) is 10.3 Å². The minimum atomic E-state index is -0.226. The Bertz CT molecular complexity index is 698. The van der Waals surface area contributed by atoms with Crippen molar-refractivity contribution in [3.8, 4) is 0 Å². The van der Waals surface area contributed by atoms with Gasteiger partial charge < -0.3 is 5.73 Å². The molecule has 110 valence electrons. The number of rotatable bonds is 2. The maximum atomic E-state index is 12.3. The first-order chi connectivity index (χ1) is 10.0. The fourth-order valence-electron chi connectivity index (χ4n) is 2.42. The van der Waals surface area contributed by atoms with Crippen LogP contribution in [-0.4, -0.2) is 16.9 Å². The van der Waals surface area contributed by atoms with Gasteiger partial charge in [0.05, 0.1) is 16.3 Å². The summed E-state index contributed by atoms with van der Waals surface area (Å²) >= 11 is 7.62. The van der Waals surface area contributed by atoms with E-state index in [-0.39, 0.29) is 11.9 Å². The second kappa shape index (κ2) is 5.75. The topological polar surface area (TPSA) is 68.0 Å². The van der Waals surface area contributed by atoms with Crippen molar-refractivity contribution >= 4 is 34.0 Å². The summed E-state index contributed by atoms with van der Waals surface area (Å²) in [5.74, 6) is -0.226. The summed E-state index contributed by atoms with van der Waals surface area (Å²) in [6.45, 7) is 1.94. The van der Waals surface area contributed by atoms with Crippen molar-refractivity contribution < 1.29 is 4.79 Å². The van der Waals surface area contributed by atoms with Crippen molar-refractivity contribution in [3.05, 3.63) is 44.9 Å². The number of hydrogen-bond donors (Lipinski definition) is 2. The highest BCUT2D eigenvalue weighted by molar-refractivity contribution is 7.15. The number of nitrogens with one attached hydrogen (secondary N) is 1. The number of thiazole rings is 1. The predicted molar refractivity (Wildman–Crippen MR) is 86.3 cm³/mol. The second-order valence-corrected chi connectivity index (χ2v) is 6.82. The van der Waals surface area contributed by atoms with Crippen molar-refractivity contribution in [1.82, 2.24) is 4.98 Å². The number of hydrogen-bond acceptors (Lipinski definition) is 4. The monoisotopic (exact) mass is 321 g/mol. The summed E-state index contributed by atoms with van der Waals surface area (Å²) in [6.07, 6.45) is 2.68. The number of amides is 1. The number of carbonyl (C=O) groups excluding carboxylic acids is 1. The van der Waals surface area contributed by atoms with Gasteiger partial charge in [-0.05, 0) is 43.9 Å². The molecule has 0 fully saturated rings. The van der Waals surface area contributed by atoms with Crippen LogP contribution in [0.3, 0.4) is 0 Å². The summed E-state index contributed by atoms with van der Waals surface area (Å²) in [5.41, 5.74) is 8.51. The normalized spacial score (nSPS) is 17.4. The van der Waals surface area contributed by atoms with Gasteiger partial charge in [-0.2, -0.15) is 0 Å². The van der Waals surface area contributed by atoms with Crippen LogP contribution >= 0.6 is 22.9 Å². The van der Waals surface area contributed by atoms with Gasteiger partial charge in [-0.3, -0.25) is 10.1 Å². The lowest BCUT2D eigenvalue weighted by atomic mass is 9.99. The first-order valence-electron chi connectivity index (χ1n) is 6.84. The molecule has 0 bridgehead atoms. The highest BCUT2D eigenvalue weighted by Gasteiger charge is 2.21. The maximum absolute atomic E-state index is 12.3. The van der Waals surface area contributed by atoms with Crippen LogP contribution in [0.4, 0.5) is 5.13 Å². The molecule has 21 heavy (non-hydrogen) atoms. The lowest BCUT2D eigenvalue weighted by Crippen LogP contribution is -2.27. The Morgan fingerprint density at radius 1 is 1.52 bits per heavy atom. The summed E-state index contributed by atoms with van der Waals surface area (Å²) in [4.78, 5) is 17.9. The summed E-state index contributed by atoms with van der Waals surface area (Å²) < 4.78 is 0. The SMILES string of the molecule is Cc1ccc(C(=O)Nc2nc3c(s2)C[C@@H](N)CC3)c(Cl)c1. The fraction of sp³-hybridized carbons (Fsp3) is 0.333. The molecule has 1 aromatic carbocycles. The Morgan fingerprint density at radius 2 is 2.33 bits per heavy atom. The van der Waals surface area contributed by atoms with Gasteiger partial charge in [-0.25, -0.2) is 4.98 Å². The van der Waals surface area contributed by atoms with Crippen LogP contribution < -0.4 is 11.1 Å². The molecular formula is C15H16ClN3OS. The molecular weight excluding hydrogens is 306 g/mol. The summed E-state index contributed by atoms with van der Waals surface area (Å²) in [6, 6.07) is 5.58. The number of carbonyl (C=O) groups is 1. The van der Waals surface area contributed by atoms with Crippen molar-refractivity contribution in [3.63, 3.8) is 0 Å². The number of fused-ring (bicyclic) bond motifs is 1. The number of aromatic nitrogens is 1. The predicted octanol–water partition coefficient (Wildman–Crippen LogP) is 3.17. The Morgan fingerprint density at radius 3 is 3.10 bits per heavy atom. The van der Waals surface area contributed by atoms with Crippen LogP contribution in [0.2, 0.25) is 5.02 Å². The molecule has 1 heterocycles. The molecule has 1 aliphatic carbocycles. The number of halogens is 1. The molecule has 1 aliphatic rings. The molecule has 2 aromatic rings. The van der Waals surface area contributed by atoms with E-state index >= 15 is 0 Å². The van der Waals surface area contributed by atoms with Crippen LogP contribution in [0.15, 0.2) is 18.2 Å². The smallest absolute Gasteiger partial charge is 0.258 e. The highest BCUT2D eigenvalue weighted by atomic mass is 35.5. The highest BCUT2D eigenvalue weighted by Crippen LogP contribution is 2.30. The van der Waals surface area contributed by atoms with Crippen molar-refractivity contribution in [2.45, 2.75) is 32.2 Å². The molecule has 1 atom stereocenters. The van der Waals surface area contributed by atoms with E-state index in [1.807, 2.05) is 13.0 Å². The molecule has 0 saturated heterocycles. The van der Waals surface area contributed by atoms with Crippen LogP contribution in [0.1, 0.15) is 32.9 Å². The first-order valence-corrected chi connectivity index (χ1v) is 8.04. The zero-order valence-corrected chi connectivity index (χ0v) is 13.2. The molecule has 1 aromatic heterocycles. The molecule has 6 heteroatoms. The molecule has 0 radical (unpaired) electrons. The Hall–Kier alpha value is -1.43. The molecule has 3 rings (SSSR count). The van der Waals surface area contributed by atoms with Gasteiger partial charge >= 0.3 is 0 Å². The third kappa shape index (κ3) is 3.10. The third-order valence-electron chi connectivity index (χ3n) is 3.57. The van der Waals surface area contributed by atoms with E-state index in [1.165, 1.54) is 16.2 Å². The zero-order valence-electron chi connectivity index (χ0n) is 11.6. The van der Waals surface area contributed by atoms with Crippen molar-refractivity contribution in [2.24, 2.45) is 5.73 Å². The average Bonchev–Trinajstić information content (AvgIpc) is 2.79. The van der Waals surface area contributed by atoms with Gasteiger partial charge in [0.15, 0.2) is 5.13 Å². The van der Waals surface area contributed by atoms with E-state index in [0.29, 0.717) is 15.7 Å². The van der Waals surface area contributed by atoms with Gasteiger partial charge in [0.1, 0.15) is 0 Å². The molecule has 0 saturated carbocycles. The van der Waals surface area contributed by atoms with Gasteiger partial charge in [0, 0.05) is 10.9 Å². The largest absolute Gasteiger partial charge is 0.327 e. The number of aryl methyl sites for hydroxylation is 2. The Labute approximate surface area is 132 Å².